The average molecular weight is 376 g/mol. The molecule has 2 rings (SSSR count). The molecule has 20 heavy (non-hydrogen) atoms. The van der Waals surface area contributed by atoms with E-state index in [2.05, 4.69) is 21.2 Å². The van der Waals surface area contributed by atoms with Crippen LogP contribution >= 0.6 is 38.9 Å². The number of anilines is 1. The van der Waals surface area contributed by atoms with Crippen LogP contribution < -0.4 is 5.32 Å². The summed E-state index contributed by atoms with van der Waals surface area (Å²) in [5.74, 6) is -0.276. The number of carbonyl (C=O) groups excluding carboxylic acids is 1. The third kappa shape index (κ3) is 3.78. The lowest BCUT2D eigenvalue weighted by Crippen LogP contribution is -2.14. The predicted octanol–water partition coefficient (Wildman–Crippen LogP) is 4.25. The number of halogens is 2. The molecule has 0 aliphatic rings. The van der Waals surface area contributed by atoms with Gasteiger partial charge in [0.25, 0.3) is 5.69 Å². The van der Waals surface area contributed by atoms with Gasteiger partial charge in [-0.3, -0.25) is 14.9 Å². The first-order valence-corrected chi connectivity index (χ1v) is 7.42. The molecule has 0 atom stereocenters. The molecule has 1 aromatic carbocycles. The van der Waals surface area contributed by atoms with E-state index in [1.54, 1.807) is 0 Å². The Balaban J connectivity index is 2.11. The van der Waals surface area contributed by atoms with Crippen molar-refractivity contribution in [1.29, 1.82) is 0 Å². The number of amides is 1. The molecule has 1 aromatic heterocycles. The van der Waals surface area contributed by atoms with Crippen LogP contribution in [0.2, 0.25) is 5.02 Å². The minimum atomic E-state index is -0.539. The van der Waals surface area contributed by atoms with Crippen LogP contribution in [0.25, 0.3) is 0 Å². The van der Waals surface area contributed by atoms with Crippen molar-refractivity contribution in [3.8, 4) is 0 Å². The highest BCUT2D eigenvalue weighted by atomic mass is 79.9. The first-order valence-electron chi connectivity index (χ1n) is 5.43. The summed E-state index contributed by atoms with van der Waals surface area (Å²) in [4.78, 5) is 22.9. The van der Waals surface area contributed by atoms with Crippen molar-refractivity contribution in [3.63, 3.8) is 0 Å². The highest BCUT2D eigenvalue weighted by molar-refractivity contribution is 9.11. The minimum absolute atomic E-state index is 0.122. The molecule has 1 amide bonds. The Kier molecular flexibility index (Phi) is 4.74. The lowest BCUT2D eigenvalue weighted by Gasteiger charge is -2.06. The number of hydrogen-bond donors (Lipinski definition) is 1. The van der Waals surface area contributed by atoms with Gasteiger partial charge in [0.05, 0.1) is 25.8 Å². The van der Waals surface area contributed by atoms with Gasteiger partial charge in [0, 0.05) is 17.0 Å². The van der Waals surface area contributed by atoms with Gasteiger partial charge in [0.2, 0.25) is 5.91 Å². The molecule has 0 aliphatic carbocycles. The van der Waals surface area contributed by atoms with Crippen LogP contribution in [-0.4, -0.2) is 10.8 Å². The van der Waals surface area contributed by atoms with E-state index in [1.165, 1.54) is 29.5 Å². The summed E-state index contributed by atoms with van der Waals surface area (Å²) in [7, 11) is 0. The number of non-ortho nitro benzene ring substituents is 1. The van der Waals surface area contributed by atoms with Crippen molar-refractivity contribution in [2.45, 2.75) is 6.42 Å². The number of rotatable bonds is 4. The fourth-order valence-electron chi connectivity index (χ4n) is 1.52. The summed E-state index contributed by atoms with van der Waals surface area (Å²) in [6.45, 7) is 0. The van der Waals surface area contributed by atoms with E-state index < -0.39 is 4.92 Å². The van der Waals surface area contributed by atoms with Gasteiger partial charge in [0.1, 0.15) is 0 Å². The van der Waals surface area contributed by atoms with Crippen LogP contribution in [0.5, 0.6) is 0 Å². The third-order valence-corrected chi connectivity index (χ3v) is 4.35. The molecule has 0 saturated carbocycles. The number of nitrogens with one attached hydrogen (secondary N) is 1. The van der Waals surface area contributed by atoms with E-state index in [0.29, 0.717) is 0 Å². The smallest absolute Gasteiger partial charge is 0.271 e. The van der Waals surface area contributed by atoms with Crippen LogP contribution in [0.1, 0.15) is 4.88 Å². The zero-order chi connectivity index (χ0) is 14.7. The Bertz CT molecular complexity index is 674. The second-order valence-corrected chi connectivity index (χ2v) is 6.81. The molecule has 0 fully saturated rings. The largest absolute Gasteiger partial charge is 0.324 e. The van der Waals surface area contributed by atoms with E-state index in [9.17, 15) is 14.9 Å². The molecular formula is C12H8BrClN2O3S. The molecule has 0 bridgehead atoms. The van der Waals surface area contributed by atoms with Crippen molar-refractivity contribution in [1.82, 2.24) is 0 Å². The Labute approximate surface area is 131 Å². The van der Waals surface area contributed by atoms with E-state index >= 15 is 0 Å². The molecule has 0 radical (unpaired) electrons. The first kappa shape index (κ1) is 15.0. The van der Waals surface area contributed by atoms with Crippen molar-refractivity contribution in [2.75, 3.05) is 5.32 Å². The number of hydrogen-bond acceptors (Lipinski definition) is 4. The van der Waals surface area contributed by atoms with E-state index in [4.69, 9.17) is 11.6 Å². The average Bonchev–Trinajstić information content (AvgIpc) is 2.77. The molecule has 0 saturated heterocycles. The lowest BCUT2D eigenvalue weighted by molar-refractivity contribution is -0.384. The summed E-state index contributed by atoms with van der Waals surface area (Å²) in [6, 6.07) is 7.60. The highest BCUT2D eigenvalue weighted by Gasteiger charge is 2.13. The van der Waals surface area contributed by atoms with Crippen molar-refractivity contribution >= 4 is 56.1 Å². The maximum absolute atomic E-state index is 11.9. The van der Waals surface area contributed by atoms with Gasteiger partial charge in [-0.15, -0.1) is 11.3 Å². The van der Waals surface area contributed by atoms with Crippen LogP contribution in [0.3, 0.4) is 0 Å². The number of nitrogens with zero attached hydrogens (tertiary/aromatic N) is 1. The van der Waals surface area contributed by atoms with Crippen LogP contribution in [0, 0.1) is 10.1 Å². The molecular weight excluding hydrogens is 368 g/mol. The molecule has 0 unspecified atom stereocenters. The number of nitro groups is 1. The summed E-state index contributed by atoms with van der Waals surface area (Å²) in [6.07, 6.45) is 0.190. The second kappa shape index (κ2) is 6.34. The molecule has 0 spiro atoms. The monoisotopic (exact) mass is 374 g/mol. The Morgan fingerprint density at radius 3 is 2.75 bits per heavy atom. The van der Waals surface area contributed by atoms with Gasteiger partial charge in [-0.1, -0.05) is 11.6 Å². The van der Waals surface area contributed by atoms with Crippen LogP contribution in [0.15, 0.2) is 34.1 Å². The van der Waals surface area contributed by atoms with Crippen molar-refractivity contribution in [3.05, 3.63) is 54.1 Å². The zero-order valence-corrected chi connectivity index (χ0v) is 13.1. The number of carbonyl (C=O) groups is 1. The quantitative estimate of drug-likeness (QED) is 0.641. The molecule has 5 nitrogen and oxygen atoms in total. The number of thiophene rings is 1. The van der Waals surface area contributed by atoms with Gasteiger partial charge >= 0.3 is 0 Å². The van der Waals surface area contributed by atoms with Gasteiger partial charge in [-0.25, -0.2) is 0 Å². The van der Waals surface area contributed by atoms with E-state index in [-0.39, 0.29) is 28.7 Å². The second-order valence-electron chi connectivity index (χ2n) is 3.85. The van der Waals surface area contributed by atoms with Gasteiger partial charge in [0.15, 0.2) is 0 Å². The summed E-state index contributed by atoms with van der Waals surface area (Å²) < 4.78 is 0.939. The molecule has 0 aliphatic heterocycles. The Hall–Kier alpha value is -1.44. The van der Waals surface area contributed by atoms with Crippen LogP contribution in [-0.2, 0) is 11.2 Å². The number of benzene rings is 1. The fourth-order valence-corrected chi connectivity index (χ4v) is 3.17. The van der Waals surface area contributed by atoms with Crippen LogP contribution in [0.4, 0.5) is 11.4 Å². The standard InChI is InChI=1S/C12H8BrClN2O3S/c13-11-4-2-8(20-11)6-12(17)15-10-5-7(16(18)19)1-3-9(10)14/h1-5H,6H2,(H,15,17). The summed E-state index contributed by atoms with van der Waals surface area (Å²) in [5, 5.41) is 13.5. The minimum Gasteiger partial charge on any atom is -0.324 e. The maximum Gasteiger partial charge on any atom is 0.271 e. The van der Waals surface area contributed by atoms with Crippen molar-refractivity contribution in [2.24, 2.45) is 0 Å². The van der Waals surface area contributed by atoms with Crippen molar-refractivity contribution < 1.29 is 9.72 Å². The summed E-state index contributed by atoms with van der Waals surface area (Å²) in [5.41, 5.74) is 0.116. The molecule has 104 valence electrons. The normalized spacial score (nSPS) is 10.3. The Morgan fingerprint density at radius 2 is 2.15 bits per heavy atom. The highest BCUT2D eigenvalue weighted by Crippen LogP contribution is 2.27. The van der Waals surface area contributed by atoms with Gasteiger partial charge in [-0.2, -0.15) is 0 Å². The van der Waals surface area contributed by atoms with E-state index in [0.717, 1.165) is 8.66 Å². The SMILES string of the molecule is O=C(Cc1ccc(Br)s1)Nc1cc([N+](=O)[O-])ccc1Cl. The Morgan fingerprint density at radius 1 is 1.40 bits per heavy atom. The fraction of sp³-hybridized carbons (Fsp3) is 0.0833. The lowest BCUT2D eigenvalue weighted by atomic mass is 10.2. The number of nitro benzene ring substituents is 1. The first-order chi connectivity index (χ1) is 9.45. The summed E-state index contributed by atoms with van der Waals surface area (Å²) >= 11 is 10.7. The van der Waals surface area contributed by atoms with Gasteiger partial charge in [-0.05, 0) is 34.1 Å². The third-order valence-electron chi connectivity index (χ3n) is 2.40. The maximum atomic E-state index is 11.9. The van der Waals surface area contributed by atoms with Gasteiger partial charge < -0.3 is 5.32 Å². The molecule has 1 heterocycles. The molecule has 2 aromatic rings. The van der Waals surface area contributed by atoms with E-state index in [1.807, 2.05) is 12.1 Å². The molecule has 1 N–H and O–H groups in total. The topological polar surface area (TPSA) is 72.2 Å². The molecule has 8 heteroatoms. The zero-order valence-electron chi connectivity index (χ0n) is 9.93. The predicted molar refractivity (Wildman–Crippen MR) is 82.5 cm³/mol.